The first-order valence-corrected chi connectivity index (χ1v) is 19.9. The van der Waals surface area contributed by atoms with Crippen LogP contribution < -0.4 is 15.1 Å². The van der Waals surface area contributed by atoms with E-state index in [1.54, 1.807) is 11.0 Å². The van der Waals surface area contributed by atoms with Gasteiger partial charge in [-0.2, -0.15) is 0 Å². The summed E-state index contributed by atoms with van der Waals surface area (Å²) in [6, 6.07) is 17.2. The zero-order valence-electron chi connectivity index (χ0n) is 30.5. The van der Waals surface area contributed by atoms with E-state index < -0.39 is 6.04 Å². The highest BCUT2D eigenvalue weighted by Gasteiger charge is 2.46. The summed E-state index contributed by atoms with van der Waals surface area (Å²) in [5.41, 5.74) is 7.16. The molecule has 0 aromatic heterocycles. The Balaban J connectivity index is 0.787. The van der Waals surface area contributed by atoms with Crippen LogP contribution in [0.15, 0.2) is 54.6 Å². The lowest BCUT2D eigenvalue weighted by Crippen LogP contribution is -2.52. The van der Waals surface area contributed by atoms with E-state index in [9.17, 15) is 19.5 Å². The third-order valence-electron chi connectivity index (χ3n) is 13.6. The van der Waals surface area contributed by atoms with Crippen LogP contribution in [0, 0.1) is 17.2 Å². The lowest BCUT2D eigenvalue weighted by molar-refractivity contribution is -0.136. The topological polar surface area (TPSA) is 96.4 Å². The first-order chi connectivity index (χ1) is 25.7. The molecule has 0 radical (unpaired) electrons. The Morgan fingerprint density at radius 2 is 1.58 bits per heavy atom. The molecule has 9 rings (SSSR count). The molecule has 10 heteroatoms. The van der Waals surface area contributed by atoms with Gasteiger partial charge in [0.05, 0.1) is 5.69 Å². The number of halogens is 1. The van der Waals surface area contributed by atoms with E-state index in [0.717, 1.165) is 94.0 Å². The van der Waals surface area contributed by atoms with Crippen molar-refractivity contribution in [3.05, 3.63) is 88.2 Å². The molecule has 1 spiro atoms. The van der Waals surface area contributed by atoms with Crippen molar-refractivity contribution in [3.8, 4) is 5.75 Å². The number of imide groups is 1. The van der Waals surface area contributed by atoms with Crippen molar-refractivity contribution in [2.24, 2.45) is 11.3 Å². The number of hydrogen-bond donors (Lipinski definition) is 2. The van der Waals surface area contributed by atoms with Crippen molar-refractivity contribution < 1.29 is 23.9 Å². The molecule has 4 heterocycles. The summed E-state index contributed by atoms with van der Waals surface area (Å²) in [5, 5.41) is 12.6. The predicted octanol–water partition coefficient (Wildman–Crippen LogP) is 5.97. The van der Waals surface area contributed by atoms with Gasteiger partial charge in [0.25, 0.3) is 5.91 Å². The predicted molar refractivity (Wildman–Crippen MR) is 202 cm³/mol. The average molecular weight is 720 g/mol. The minimum atomic E-state index is -0.599. The van der Waals surface area contributed by atoms with Crippen molar-refractivity contribution in [1.82, 2.24) is 15.1 Å². The second-order valence-electron chi connectivity index (χ2n) is 16.6. The van der Waals surface area contributed by atoms with Crippen LogP contribution >= 0.6 is 0 Å². The highest BCUT2D eigenvalue weighted by Crippen LogP contribution is 2.58. The van der Waals surface area contributed by atoms with Crippen LogP contribution in [0.3, 0.4) is 0 Å². The van der Waals surface area contributed by atoms with Crippen LogP contribution in [0.1, 0.15) is 96.3 Å². The normalized spacial score (nSPS) is 24.8. The molecule has 6 aliphatic rings. The van der Waals surface area contributed by atoms with Gasteiger partial charge in [-0.1, -0.05) is 25.0 Å². The molecule has 0 bridgehead atoms. The third-order valence-corrected chi connectivity index (χ3v) is 13.6. The minimum Gasteiger partial charge on any atom is -0.508 e. The van der Waals surface area contributed by atoms with Crippen molar-refractivity contribution in [2.45, 2.75) is 82.7 Å². The number of benzene rings is 3. The number of piperidine rings is 2. The van der Waals surface area contributed by atoms with Gasteiger partial charge in [0.1, 0.15) is 17.6 Å². The lowest BCUT2D eigenvalue weighted by atomic mass is 9.60. The molecular weight excluding hydrogens is 670 g/mol. The van der Waals surface area contributed by atoms with E-state index in [1.165, 1.54) is 36.8 Å². The standard InChI is InChI=1S/C43H50FN5O4/c44-36-25-30(40-34-7-5-33(50)24-29(34)11-16-43(40)14-1-2-15-43)3-8-37(36)48-17-12-28(13-18-48)26-46-19-21-47(22-20-46)32-4-6-35-31(23-32)27-49(42(35)53)38-9-10-39(51)45-41(38)52/h3-8,23-25,28,38,40,50H,1-2,9-22,26-27H2,(H,45,51,52)/t38?,40-/m1/s1. The van der Waals surface area contributed by atoms with Crippen LogP contribution in [0.4, 0.5) is 15.8 Å². The first-order valence-electron chi connectivity index (χ1n) is 19.9. The van der Waals surface area contributed by atoms with E-state index >= 15 is 4.39 Å². The molecule has 2 N–H and O–H groups in total. The first kappa shape index (κ1) is 34.3. The minimum absolute atomic E-state index is 0.115. The molecule has 3 aromatic carbocycles. The number of carbonyl (C=O) groups is 3. The number of anilines is 2. The maximum absolute atomic E-state index is 16.0. The monoisotopic (exact) mass is 719 g/mol. The number of hydrogen-bond acceptors (Lipinski definition) is 7. The molecular formula is C43H50FN5O4. The van der Waals surface area contributed by atoms with Gasteiger partial charge >= 0.3 is 0 Å². The highest BCUT2D eigenvalue weighted by atomic mass is 19.1. The van der Waals surface area contributed by atoms with E-state index in [4.69, 9.17) is 0 Å². The fraction of sp³-hybridized carbons (Fsp3) is 0.512. The molecule has 9 nitrogen and oxygen atoms in total. The Hall–Kier alpha value is -4.44. The number of rotatable bonds is 6. The average Bonchev–Trinajstić information content (AvgIpc) is 3.76. The van der Waals surface area contributed by atoms with Crippen molar-refractivity contribution >= 4 is 29.1 Å². The summed E-state index contributed by atoms with van der Waals surface area (Å²) >= 11 is 0. The Morgan fingerprint density at radius 1 is 0.792 bits per heavy atom. The quantitative estimate of drug-likeness (QED) is 0.304. The molecule has 2 atom stereocenters. The maximum atomic E-state index is 16.0. The van der Waals surface area contributed by atoms with Crippen molar-refractivity contribution in [2.75, 3.05) is 55.6 Å². The number of fused-ring (bicyclic) bond motifs is 2. The van der Waals surface area contributed by atoms with E-state index in [0.29, 0.717) is 30.2 Å². The Morgan fingerprint density at radius 3 is 2.34 bits per heavy atom. The summed E-state index contributed by atoms with van der Waals surface area (Å²) in [5.74, 6) is 0.161. The number of phenols is 1. The summed E-state index contributed by atoms with van der Waals surface area (Å²) in [7, 11) is 0. The number of piperazine rings is 1. The molecule has 3 aromatic rings. The molecule has 4 aliphatic heterocycles. The molecule has 3 saturated heterocycles. The number of nitrogens with zero attached hydrogens (tertiary/aromatic N) is 4. The van der Waals surface area contributed by atoms with Crippen LogP contribution in [-0.4, -0.2) is 84.5 Å². The second kappa shape index (κ2) is 13.8. The number of nitrogens with one attached hydrogen (secondary N) is 1. The van der Waals surface area contributed by atoms with E-state index in [-0.39, 0.29) is 41.3 Å². The molecule has 1 unspecified atom stereocenters. The van der Waals surface area contributed by atoms with Gasteiger partial charge in [-0.15, -0.1) is 0 Å². The van der Waals surface area contributed by atoms with Crippen molar-refractivity contribution in [1.29, 1.82) is 0 Å². The zero-order valence-corrected chi connectivity index (χ0v) is 30.5. The maximum Gasteiger partial charge on any atom is 0.255 e. The molecule has 3 amide bonds. The Bertz CT molecular complexity index is 1930. The smallest absolute Gasteiger partial charge is 0.255 e. The van der Waals surface area contributed by atoms with Crippen LogP contribution in [0.2, 0.25) is 0 Å². The van der Waals surface area contributed by atoms with E-state index in [1.807, 2.05) is 30.3 Å². The summed E-state index contributed by atoms with van der Waals surface area (Å²) < 4.78 is 16.0. The third kappa shape index (κ3) is 6.36. The SMILES string of the molecule is O=C1CCC(N2Cc3cc(N4CCN(CC5CCN(c6ccc([C@@H]7c8ccc(O)cc8CCC78CCCC8)cc6F)CC5)CC4)ccc3C2=O)C(=O)N1. The van der Waals surface area contributed by atoms with Gasteiger partial charge in [0.2, 0.25) is 11.8 Å². The number of aryl methyl sites for hydroxylation is 1. The molecule has 4 fully saturated rings. The van der Waals surface area contributed by atoms with Crippen molar-refractivity contribution in [3.63, 3.8) is 0 Å². The number of aromatic hydroxyl groups is 1. The van der Waals surface area contributed by atoms with Crippen LogP contribution in [-0.2, 0) is 22.6 Å². The molecule has 2 aliphatic carbocycles. The molecule has 53 heavy (non-hydrogen) atoms. The number of phenolic OH excluding ortho intramolecular Hbond substituents is 1. The summed E-state index contributed by atoms with van der Waals surface area (Å²) in [4.78, 5) is 46.0. The van der Waals surface area contributed by atoms with Gasteiger partial charge < -0.3 is 19.8 Å². The van der Waals surface area contributed by atoms with E-state index in [2.05, 4.69) is 38.2 Å². The summed E-state index contributed by atoms with van der Waals surface area (Å²) in [6.07, 6.45) is 9.65. The van der Waals surface area contributed by atoms with Gasteiger partial charge in [-0.25, -0.2) is 4.39 Å². The largest absolute Gasteiger partial charge is 0.508 e. The van der Waals surface area contributed by atoms with Gasteiger partial charge in [-0.05, 0) is 121 Å². The fourth-order valence-electron chi connectivity index (χ4n) is 10.7. The van der Waals surface area contributed by atoms with Gasteiger partial charge in [0.15, 0.2) is 0 Å². The van der Waals surface area contributed by atoms with Crippen LogP contribution in [0.25, 0.3) is 0 Å². The molecule has 1 saturated carbocycles. The second-order valence-corrected chi connectivity index (χ2v) is 16.6. The zero-order chi connectivity index (χ0) is 36.3. The van der Waals surface area contributed by atoms with Gasteiger partial charge in [0, 0.05) is 75.9 Å². The number of amides is 3. The number of carbonyl (C=O) groups excluding carboxylic acids is 3. The summed E-state index contributed by atoms with van der Waals surface area (Å²) in [6.45, 7) is 6.94. The highest BCUT2D eigenvalue weighted by molar-refractivity contribution is 6.05. The van der Waals surface area contributed by atoms with Gasteiger partial charge in [-0.3, -0.25) is 24.6 Å². The lowest BCUT2D eigenvalue weighted by Gasteiger charge is -2.43. The fourth-order valence-corrected chi connectivity index (χ4v) is 10.7. The Labute approximate surface area is 311 Å². The Kier molecular flexibility index (Phi) is 8.91. The molecule has 278 valence electrons. The van der Waals surface area contributed by atoms with Crippen LogP contribution in [0.5, 0.6) is 5.75 Å².